The Morgan fingerprint density at radius 1 is 0.892 bits per heavy atom. The Balaban J connectivity index is 1.39. The zero-order chi connectivity index (χ0) is 25.4. The zero-order valence-electron chi connectivity index (χ0n) is 20.4. The number of ether oxygens (including phenoxy) is 1. The molecular weight excluding hydrogens is 469 g/mol. The largest absolute Gasteiger partial charge is 0.491 e. The summed E-state index contributed by atoms with van der Waals surface area (Å²) in [6.07, 6.45) is 3.46. The van der Waals surface area contributed by atoms with Crippen LogP contribution in [0.5, 0.6) is 5.75 Å². The van der Waals surface area contributed by atoms with Gasteiger partial charge in [0.1, 0.15) is 23.7 Å². The first-order valence-electron chi connectivity index (χ1n) is 11.9. The number of nitrogens with zero attached hydrogens (tertiary/aromatic N) is 5. The topological polar surface area (TPSA) is 95.6 Å². The van der Waals surface area contributed by atoms with Crippen LogP contribution in [0.15, 0.2) is 73.1 Å². The molecule has 2 N–H and O–H groups in total. The van der Waals surface area contributed by atoms with Crippen LogP contribution < -0.4 is 4.74 Å². The van der Waals surface area contributed by atoms with Gasteiger partial charge in [-0.3, -0.25) is 10.1 Å². The second kappa shape index (κ2) is 9.44. The molecule has 0 saturated carbocycles. The summed E-state index contributed by atoms with van der Waals surface area (Å²) in [5, 5.41) is 7.53. The number of aromatic nitrogens is 6. The Labute approximate surface area is 212 Å². The number of nitrogens with one attached hydrogen (secondary N) is 2. The van der Waals surface area contributed by atoms with E-state index in [9.17, 15) is 4.39 Å². The maximum atomic E-state index is 14.5. The average molecular weight is 494 g/mol. The summed E-state index contributed by atoms with van der Waals surface area (Å²) < 4.78 is 20.4. The molecule has 0 radical (unpaired) electrons. The van der Waals surface area contributed by atoms with Gasteiger partial charge in [-0.2, -0.15) is 5.10 Å². The van der Waals surface area contributed by atoms with Gasteiger partial charge in [-0.1, -0.05) is 30.3 Å². The van der Waals surface area contributed by atoms with E-state index in [-0.39, 0.29) is 5.82 Å². The smallest absolute Gasteiger partial charge is 0.161 e. The minimum atomic E-state index is -0.294. The number of H-pyrrole nitrogens is 2. The Hall–Kier alpha value is -4.63. The molecule has 0 aliphatic carbocycles. The Bertz CT molecular complexity index is 1720. The molecule has 0 bridgehead atoms. The van der Waals surface area contributed by atoms with Crippen LogP contribution in [0.25, 0.3) is 56.0 Å². The molecule has 0 spiro atoms. The number of fused-ring (bicyclic) bond motifs is 2. The third-order valence-corrected chi connectivity index (χ3v) is 6.12. The second-order valence-electron chi connectivity index (χ2n) is 8.99. The van der Waals surface area contributed by atoms with Crippen LogP contribution in [0.4, 0.5) is 4.39 Å². The number of likely N-dealkylation sites (N-methyl/N-ethyl adjacent to an activating group) is 1. The van der Waals surface area contributed by atoms with Gasteiger partial charge >= 0.3 is 0 Å². The van der Waals surface area contributed by atoms with Gasteiger partial charge in [-0.05, 0) is 44.4 Å². The van der Waals surface area contributed by atoms with Crippen LogP contribution in [-0.2, 0) is 0 Å². The van der Waals surface area contributed by atoms with E-state index in [0.29, 0.717) is 46.0 Å². The predicted molar refractivity (Wildman–Crippen MR) is 142 cm³/mol. The fraction of sp³-hybridized carbons (Fsp3) is 0.143. The molecule has 37 heavy (non-hydrogen) atoms. The summed E-state index contributed by atoms with van der Waals surface area (Å²) in [4.78, 5) is 19.4. The van der Waals surface area contributed by atoms with E-state index < -0.39 is 0 Å². The maximum absolute atomic E-state index is 14.5. The number of imidazole rings is 1. The minimum Gasteiger partial charge on any atom is -0.491 e. The molecule has 6 rings (SSSR count). The van der Waals surface area contributed by atoms with Crippen LogP contribution in [0.2, 0.25) is 0 Å². The quantitative estimate of drug-likeness (QED) is 0.313. The SMILES string of the molecule is CN(C)CCOc1cncc(-c2ccc3[nH]nc(-c4nc5c(-c6ccccc6F)cccc5[nH]4)c3n2)c1. The van der Waals surface area contributed by atoms with Gasteiger partial charge in [0.05, 0.1) is 28.4 Å². The summed E-state index contributed by atoms with van der Waals surface area (Å²) in [7, 11) is 4.00. The summed E-state index contributed by atoms with van der Waals surface area (Å²) in [6.45, 7) is 1.38. The van der Waals surface area contributed by atoms with Gasteiger partial charge in [0.2, 0.25) is 0 Å². The van der Waals surface area contributed by atoms with Crippen molar-refractivity contribution in [2.45, 2.75) is 0 Å². The molecule has 0 unspecified atom stereocenters. The van der Waals surface area contributed by atoms with E-state index >= 15 is 0 Å². The number of para-hydroxylation sites is 1. The van der Waals surface area contributed by atoms with Crippen LogP contribution in [0, 0.1) is 5.82 Å². The monoisotopic (exact) mass is 493 g/mol. The fourth-order valence-corrected chi connectivity index (χ4v) is 4.25. The van der Waals surface area contributed by atoms with E-state index in [1.54, 1.807) is 24.5 Å². The summed E-state index contributed by atoms with van der Waals surface area (Å²) in [5.74, 6) is 0.942. The van der Waals surface area contributed by atoms with Gasteiger partial charge in [0.25, 0.3) is 0 Å². The summed E-state index contributed by atoms with van der Waals surface area (Å²) >= 11 is 0. The average Bonchev–Trinajstić information content (AvgIpc) is 3.52. The van der Waals surface area contributed by atoms with Gasteiger partial charge in [0, 0.05) is 29.4 Å². The van der Waals surface area contributed by atoms with Crippen molar-refractivity contribution in [2.24, 2.45) is 0 Å². The molecule has 4 aromatic heterocycles. The fourth-order valence-electron chi connectivity index (χ4n) is 4.25. The first kappa shape index (κ1) is 22.8. The number of halogens is 1. The summed E-state index contributed by atoms with van der Waals surface area (Å²) in [6, 6.07) is 18.1. The molecule has 0 fully saturated rings. The van der Waals surface area contributed by atoms with Crippen molar-refractivity contribution >= 4 is 22.1 Å². The highest BCUT2D eigenvalue weighted by molar-refractivity contribution is 5.96. The molecule has 0 saturated heterocycles. The van der Waals surface area contributed by atoms with Gasteiger partial charge in [0.15, 0.2) is 11.5 Å². The first-order chi connectivity index (χ1) is 18.1. The van der Waals surface area contributed by atoms with E-state index in [1.807, 2.05) is 56.6 Å². The highest BCUT2D eigenvalue weighted by atomic mass is 19.1. The van der Waals surface area contributed by atoms with Crippen LogP contribution >= 0.6 is 0 Å². The van der Waals surface area contributed by atoms with Crippen molar-refractivity contribution in [1.82, 2.24) is 35.0 Å². The van der Waals surface area contributed by atoms with Gasteiger partial charge < -0.3 is 14.6 Å². The zero-order valence-corrected chi connectivity index (χ0v) is 20.4. The van der Waals surface area contributed by atoms with Crippen molar-refractivity contribution in [1.29, 1.82) is 0 Å². The normalized spacial score (nSPS) is 11.6. The van der Waals surface area contributed by atoms with Crippen LogP contribution in [-0.4, -0.2) is 62.3 Å². The van der Waals surface area contributed by atoms with Crippen molar-refractivity contribution in [3.05, 3.63) is 78.9 Å². The first-order valence-corrected chi connectivity index (χ1v) is 11.9. The standard InChI is InChI=1S/C28H24FN7O/c1-36(2)12-13-37-18-14-17(15-30-16-18)22-10-11-24-26(31-22)27(35-34-24)28-32-23-9-5-7-20(25(23)33-28)19-6-3-4-8-21(19)29/h3-11,14-16H,12-13H2,1-2H3,(H,32,33)(H,34,35). The van der Waals surface area contributed by atoms with Crippen molar-refractivity contribution in [3.63, 3.8) is 0 Å². The number of aromatic amines is 2. The molecule has 9 heteroatoms. The minimum absolute atomic E-state index is 0.294. The highest BCUT2D eigenvalue weighted by Crippen LogP contribution is 2.33. The van der Waals surface area contributed by atoms with Crippen molar-refractivity contribution < 1.29 is 9.13 Å². The number of hydrogen-bond acceptors (Lipinski definition) is 6. The number of rotatable bonds is 7. The lowest BCUT2D eigenvalue weighted by Crippen LogP contribution is -2.19. The number of benzene rings is 2. The molecular formula is C28H24FN7O. The molecule has 0 aliphatic heterocycles. The Morgan fingerprint density at radius 2 is 1.76 bits per heavy atom. The van der Waals surface area contributed by atoms with Crippen LogP contribution in [0.1, 0.15) is 0 Å². The lowest BCUT2D eigenvalue weighted by Gasteiger charge is -2.11. The van der Waals surface area contributed by atoms with Gasteiger partial charge in [-0.15, -0.1) is 0 Å². The molecule has 0 aliphatic rings. The molecule has 2 aromatic carbocycles. The van der Waals surface area contributed by atoms with E-state index in [4.69, 9.17) is 14.7 Å². The maximum Gasteiger partial charge on any atom is 0.161 e. The van der Waals surface area contributed by atoms with Crippen molar-refractivity contribution in [2.75, 3.05) is 27.2 Å². The molecule has 4 heterocycles. The third-order valence-electron chi connectivity index (χ3n) is 6.12. The molecule has 8 nitrogen and oxygen atoms in total. The molecule has 184 valence electrons. The van der Waals surface area contributed by atoms with Crippen molar-refractivity contribution in [3.8, 4) is 39.7 Å². The third kappa shape index (κ3) is 4.41. The number of hydrogen-bond donors (Lipinski definition) is 2. The van der Waals surface area contributed by atoms with Gasteiger partial charge in [-0.25, -0.2) is 14.4 Å². The lowest BCUT2D eigenvalue weighted by atomic mass is 10.0. The molecule has 6 aromatic rings. The lowest BCUT2D eigenvalue weighted by molar-refractivity contribution is 0.261. The van der Waals surface area contributed by atoms with E-state index in [1.165, 1.54) is 6.07 Å². The highest BCUT2D eigenvalue weighted by Gasteiger charge is 2.18. The van der Waals surface area contributed by atoms with E-state index in [2.05, 4.69) is 25.1 Å². The Morgan fingerprint density at radius 3 is 2.62 bits per heavy atom. The molecule has 0 amide bonds. The molecule has 0 atom stereocenters. The number of pyridine rings is 2. The van der Waals surface area contributed by atoms with E-state index in [0.717, 1.165) is 28.8 Å². The Kier molecular flexibility index (Phi) is 5.82. The predicted octanol–water partition coefficient (Wildman–Crippen LogP) is 5.31. The summed E-state index contributed by atoms with van der Waals surface area (Å²) in [5.41, 5.74) is 6.27. The second-order valence-corrected chi connectivity index (χ2v) is 8.99. The van der Waals surface area contributed by atoms with Crippen LogP contribution in [0.3, 0.4) is 0 Å².